The van der Waals surface area contributed by atoms with Crippen LogP contribution < -0.4 is 5.73 Å². The molecular formula is C11H20N2O2. The Morgan fingerprint density at radius 2 is 2.13 bits per heavy atom. The Labute approximate surface area is 90.8 Å². The predicted octanol–water partition coefficient (Wildman–Crippen LogP) is 0.361. The fraction of sp³-hybridized carbons (Fsp3) is 0.909. The second-order valence-corrected chi connectivity index (χ2v) is 4.73. The molecule has 0 radical (unpaired) electrons. The van der Waals surface area contributed by atoms with Crippen LogP contribution in [-0.2, 0) is 9.53 Å². The van der Waals surface area contributed by atoms with E-state index in [1.165, 1.54) is 12.8 Å². The minimum absolute atomic E-state index is 0.0752. The lowest BCUT2D eigenvalue weighted by atomic mass is 10.2. The molecule has 2 aliphatic carbocycles. The third-order valence-electron chi connectivity index (χ3n) is 3.09. The highest BCUT2D eigenvalue weighted by atomic mass is 16.5. The van der Waals surface area contributed by atoms with Gasteiger partial charge >= 0.3 is 0 Å². The Hall–Kier alpha value is -0.610. The van der Waals surface area contributed by atoms with Gasteiger partial charge in [-0.05, 0) is 31.6 Å². The molecule has 4 nitrogen and oxygen atoms in total. The monoisotopic (exact) mass is 212 g/mol. The van der Waals surface area contributed by atoms with Gasteiger partial charge in [0.1, 0.15) is 6.04 Å². The highest BCUT2D eigenvalue weighted by Gasteiger charge is 2.37. The minimum Gasteiger partial charge on any atom is -0.383 e. The van der Waals surface area contributed by atoms with Crippen molar-refractivity contribution in [1.29, 1.82) is 0 Å². The van der Waals surface area contributed by atoms with Gasteiger partial charge in [-0.2, -0.15) is 0 Å². The number of hydrogen-bond acceptors (Lipinski definition) is 3. The number of methoxy groups -OCH3 is 1. The van der Waals surface area contributed by atoms with Crippen molar-refractivity contribution < 1.29 is 9.53 Å². The molecule has 1 unspecified atom stereocenters. The average molecular weight is 212 g/mol. The Morgan fingerprint density at radius 3 is 2.60 bits per heavy atom. The number of hydrogen-bond donors (Lipinski definition) is 1. The Morgan fingerprint density at radius 1 is 1.47 bits per heavy atom. The smallest absolute Gasteiger partial charge is 0.242 e. The summed E-state index contributed by atoms with van der Waals surface area (Å²) in [6.07, 6.45) is 4.85. The maximum atomic E-state index is 12.0. The van der Waals surface area contributed by atoms with E-state index >= 15 is 0 Å². The summed E-state index contributed by atoms with van der Waals surface area (Å²) in [5.74, 6) is 0.815. The highest BCUT2D eigenvalue weighted by Crippen LogP contribution is 2.35. The molecule has 0 aromatic rings. The van der Waals surface area contributed by atoms with E-state index in [9.17, 15) is 4.79 Å². The molecule has 86 valence electrons. The van der Waals surface area contributed by atoms with Crippen molar-refractivity contribution in [3.8, 4) is 0 Å². The van der Waals surface area contributed by atoms with Gasteiger partial charge in [0, 0.05) is 19.7 Å². The first-order valence-electron chi connectivity index (χ1n) is 5.77. The molecule has 4 heteroatoms. The van der Waals surface area contributed by atoms with Crippen molar-refractivity contribution in [1.82, 2.24) is 4.90 Å². The van der Waals surface area contributed by atoms with Crippen molar-refractivity contribution in [3.63, 3.8) is 0 Å². The van der Waals surface area contributed by atoms with E-state index in [0.717, 1.165) is 25.3 Å². The number of nitrogens with zero attached hydrogens (tertiary/aromatic N) is 1. The molecule has 0 aromatic carbocycles. The molecule has 2 N–H and O–H groups in total. The topological polar surface area (TPSA) is 55.6 Å². The summed E-state index contributed by atoms with van der Waals surface area (Å²) in [6.45, 7) is 1.24. The van der Waals surface area contributed by atoms with Gasteiger partial charge in [-0.15, -0.1) is 0 Å². The fourth-order valence-electron chi connectivity index (χ4n) is 1.85. The van der Waals surface area contributed by atoms with Crippen molar-refractivity contribution in [2.45, 2.75) is 37.8 Å². The number of rotatable bonds is 6. The maximum Gasteiger partial charge on any atom is 0.242 e. The molecule has 0 bridgehead atoms. The molecular weight excluding hydrogens is 192 g/mol. The summed E-state index contributed by atoms with van der Waals surface area (Å²) < 4.78 is 4.92. The van der Waals surface area contributed by atoms with E-state index in [2.05, 4.69) is 0 Å². The van der Waals surface area contributed by atoms with Gasteiger partial charge in [0.05, 0.1) is 6.61 Å². The summed E-state index contributed by atoms with van der Waals surface area (Å²) in [5.41, 5.74) is 5.77. The molecule has 2 saturated carbocycles. The van der Waals surface area contributed by atoms with Crippen molar-refractivity contribution in [3.05, 3.63) is 0 Å². The first-order chi connectivity index (χ1) is 7.22. The van der Waals surface area contributed by atoms with Gasteiger partial charge < -0.3 is 15.4 Å². The third kappa shape index (κ3) is 2.92. The van der Waals surface area contributed by atoms with Gasteiger partial charge in [-0.25, -0.2) is 0 Å². The zero-order valence-corrected chi connectivity index (χ0v) is 9.32. The van der Waals surface area contributed by atoms with Crippen molar-refractivity contribution >= 4 is 5.91 Å². The van der Waals surface area contributed by atoms with Crippen LogP contribution in [0.1, 0.15) is 25.7 Å². The molecule has 0 saturated heterocycles. The van der Waals surface area contributed by atoms with E-state index in [1.54, 1.807) is 7.11 Å². The van der Waals surface area contributed by atoms with Gasteiger partial charge in [0.15, 0.2) is 0 Å². The lowest BCUT2D eigenvalue weighted by molar-refractivity contribution is -0.134. The Bertz CT molecular complexity index is 237. The normalized spacial score (nSPS) is 22.5. The van der Waals surface area contributed by atoms with Crippen LogP contribution in [0.5, 0.6) is 0 Å². The van der Waals surface area contributed by atoms with Crippen LogP contribution in [-0.4, -0.2) is 43.2 Å². The summed E-state index contributed by atoms with van der Waals surface area (Å²) in [4.78, 5) is 14.0. The van der Waals surface area contributed by atoms with Crippen molar-refractivity contribution in [2.24, 2.45) is 11.7 Å². The number of carbonyl (C=O) groups is 1. The SMILES string of the molecule is COCC(N)C(=O)N(CC1CC1)C1CC1. The highest BCUT2D eigenvalue weighted by molar-refractivity contribution is 5.82. The molecule has 2 rings (SSSR count). The van der Waals surface area contributed by atoms with Gasteiger partial charge in [-0.3, -0.25) is 4.79 Å². The molecule has 1 atom stereocenters. The Balaban J connectivity index is 1.87. The van der Waals surface area contributed by atoms with Gasteiger partial charge in [-0.1, -0.05) is 0 Å². The number of nitrogens with two attached hydrogens (primary N) is 1. The predicted molar refractivity (Wildman–Crippen MR) is 57.3 cm³/mol. The number of ether oxygens (including phenoxy) is 1. The summed E-state index contributed by atoms with van der Waals surface area (Å²) >= 11 is 0. The molecule has 0 aromatic heterocycles. The Kier molecular flexibility index (Phi) is 3.26. The van der Waals surface area contributed by atoms with Crippen LogP contribution in [0.25, 0.3) is 0 Å². The van der Waals surface area contributed by atoms with Crippen LogP contribution in [0, 0.1) is 5.92 Å². The van der Waals surface area contributed by atoms with E-state index in [0.29, 0.717) is 12.6 Å². The fourth-order valence-corrected chi connectivity index (χ4v) is 1.85. The van der Waals surface area contributed by atoms with Crippen LogP contribution in [0.2, 0.25) is 0 Å². The van der Waals surface area contributed by atoms with E-state index in [-0.39, 0.29) is 5.91 Å². The lowest BCUT2D eigenvalue weighted by Gasteiger charge is -2.25. The van der Waals surface area contributed by atoms with Crippen LogP contribution >= 0.6 is 0 Å². The second-order valence-electron chi connectivity index (χ2n) is 4.73. The molecule has 0 spiro atoms. The van der Waals surface area contributed by atoms with E-state index < -0.39 is 6.04 Å². The summed E-state index contributed by atoms with van der Waals surface area (Å²) in [5, 5.41) is 0. The number of amides is 1. The zero-order valence-electron chi connectivity index (χ0n) is 9.32. The lowest BCUT2D eigenvalue weighted by Crippen LogP contribution is -2.47. The first-order valence-corrected chi connectivity index (χ1v) is 5.77. The largest absolute Gasteiger partial charge is 0.383 e. The standard InChI is InChI=1S/C11H20N2O2/c1-15-7-10(12)11(14)13(9-4-5-9)6-8-2-3-8/h8-10H,2-7,12H2,1H3. The molecule has 0 aliphatic heterocycles. The van der Waals surface area contributed by atoms with E-state index in [4.69, 9.17) is 10.5 Å². The molecule has 2 aliphatic rings. The molecule has 15 heavy (non-hydrogen) atoms. The number of carbonyl (C=O) groups excluding carboxylic acids is 1. The maximum absolute atomic E-state index is 12.0. The van der Waals surface area contributed by atoms with Gasteiger partial charge in [0.2, 0.25) is 5.91 Å². The molecule has 0 heterocycles. The first kappa shape index (κ1) is 10.9. The van der Waals surface area contributed by atoms with Crippen molar-refractivity contribution in [2.75, 3.05) is 20.3 Å². The summed E-state index contributed by atoms with van der Waals surface area (Å²) in [6, 6.07) is -0.00430. The van der Waals surface area contributed by atoms with Crippen LogP contribution in [0.4, 0.5) is 0 Å². The molecule has 1 amide bonds. The third-order valence-corrected chi connectivity index (χ3v) is 3.09. The second kappa shape index (κ2) is 4.49. The van der Waals surface area contributed by atoms with Crippen LogP contribution in [0.3, 0.4) is 0 Å². The zero-order chi connectivity index (χ0) is 10.8. The minimum atomic E-state index is -0.477. The van der Waals surface area contributed by atoms with Gasteiger partial charge in [0.25, 0.3) is 0 Å². The van der Waals surface area contributed by atoms with Crippen LogP contribution in [0.15, 0.2) is 0 Å². The quantitative estimate of drug-likeness (QED) is 0.691. The molecule has 2 fully saturated rings. The average Bonchev–Trinajstić information content (AvgIpc) is 3.04. The summed E-state index contributed by atoms with van der Waals surface area (Å²) in [7, 11) is 1.58. The van der Waals surface area contributed by atoms with E-state index in [1.807, 2.05) is 4.90 Å².